The maximum Gasteiger partial charge on any atom is 0.227 e. The number of rotatable bonds is 4. The van der Waals surface area contributed by atoms with Crippen molar-refractivity contribution >= 4 is 24.0 Å². The Morgan fingerprint density at radius 2 is 1.86 bits per heavy atom. The van der Waals surface area contributed by atoms with Gasteiger partial charge in [-0.25, -0.2) is 0 Å². The molecule has 0 aromatic heterocycles. The molecule has 2 N–H and O–H groups in total. The van der Waals surface area contributed by atoms with Crippen molar-refractivity contribution < 1.29 is 9.53 Å². The number of carbonyl (C=O) groups excluding carboxylic acids is 1. The molecule has 1 aromatic rings. The van der Waals surface area contributed by atoms with Crippen LogP contribution in [0.4, 0.5) is 5.69 Å². The molecule has 0 radical (unpaired) electrons. The number of benzene rings is 1. The van der Waals surface area contributed by atoms with E-state index in [-0.39, 0.29) is 24.2 Å². The standard InChI is InChI=1S/C17H24N2O2.ClH/c20-17(13-8-10-18-11-9-13)19-14-4-3-7-16(12-14)21-15-5-1-2-6-15;/h3-4,7,12-13,15,18H,1-2,5-6,8-11H2,(H,19,20);1H. The molecule has 2 fully saturated rings. The van der Waals surface area contributed by atoms with Crippen molar-refractivity contribution in [3.05, 3.63) is 24.3 Å². The van der Waals surface area contributed by atoms with E-state index in [1.54, 1.807) is 0 Å². The molecule has 1 saturated heterocycles. The molecule has 0 spiro atoms. The Morgan fingerprint density at radius 3 is 2.59 bits per heavy atom. The summed E-state index contributed by atoms with van der Waals surface area (Å²) in [5.74, 6) is 1.13. The molecule has 122 valence electrons. The molecule has 1 aliphatic carbocycles. The molecule has 1 aromatic carbocycles. The Kier molecular flexibility index (Phi) is 6.52. The van der Waals surface area contributed by atoms with Crippen molar-refractivity contribution in [3.63, 3.8) is 0 Å². The van der Waals surface area contributed by atoms with Gasteiger partial charge < -0.3 is 15.4 Å². The quantitative estimate of drug-likeness (QED) is 0.892. The van der Waals surface area contributed by atoms with Crippen LogP contribution >= 0.6 is 12.4 Å². The molecular weight excluding hydrogens is 300 g/mol. The lowest BCUT2D eigenvalue weighted by molar-refractivity contribution is -0.120. The van der Waals surface area contributed by atoms with Crippen LogP contribution in [0.2, 0.25) is 0 Å². The summed E-state index contributed by atoms with van der Waals surface area (Å²) in [7, 11) is 0. The number of amides is 1. The van der Waals surface area contributed by atoms with Gasteiger partial charge in [-0.3, -0.25) is 4.79 Å². The van der Waals surface area contributed by atoms with Crippen molar-refractivity contribution in [1.29, 1.82) is 0 Å². The fraction of sp³-hybridized carbons (Fsp3) is 0.588. The highest BCUT2D eigenvalue weighted by Gasteiger charge is 2.21. The molecule has 2 aliphatic rings. The van der Waals surface area contributed by atoms with Crippen molar-refractivity contribution in [1.82, 2.24) is 5.32 Å². The van der Waals surface area contributed by atoms with Gasteiger partial charge in [0.05, 0.1) is 6.10 Å². The van der Waals surface area contributed by atoms with Crippen LogP contribution in [0.3, 0.4) is 0 Å². The van der Waals surface area contributed by atoms with E-state index in [9.17, 15) is 4.79 Å². The second-order valence-electron chi connectivity index (χ2n) is 6.07. The highest BCUT2D eigenvalue weighted by Crippen LogP contribution is 2.26. The van der Waals surface area contributed by atoms with E-state index >= 15 is 0 Å². The van der Waals surface area contributed by atoms with Gasteiger partial charge in [-0.15, -0.1) is 12.4 Å². The molecule has 4 nitrogen and oxygen atoms in total. The monoisotopic (exact) mass is 324 g/mol. The zero-order valence-corrected chi connectivity index (χ0v) is 13.7. The van der Waals surface area contributed by atoms with Gasteiger partial charge in [0.2, 0.25) is 5.91 Å². The molecule has 1 heterocycles. The number of nitrogens with one attached hydrogen (secondary N) is 2. The Hall–Kier alpha value is -1.26. The summed E-state index contributed by atoms with van der Waals surface area (Å²) < 4.78 is 5.98. The second kappa shape index (κ2) is 8.39. The predicted octanol–water partition coefficient (Wildman–Crippen LogP) is 3.37. The fourth-order valence-electron chi connectivity index (χ4n) is 3.17. The first-order chi connectivity index (χ1) is 10.3. The summed E-state index contributed by atoms with van der Waals surface area (Å²) in [6, 6.07) is 7.79. The first-order valence-electron chi connectivity index (χ1n) is 8.09. The van der Waals surface area contributed by atoms with E-state index in [0.29, 0.717) is 6.10 Å². The minimum atomic E-state index is 0. The molecule has 5 heteroatoms. The number of ether oxygens (including phenoxy) is 1. The van der Waals surface area contributed by atoms with E-state index < -0.39 is 0 Å². The number of anilines is 1. The third-order valence-corrected chi connectivity index (χ3v) is 4.42. The van der Waals surface area contributed by atoms with Crippen LogP contribution in [-0.4, -0.2) is 25.1 Å². The van der Waals surface area contributed by atoms with E-state index in [4.69, 9.17) is 4.74 Å². The van der Waals surface area contributed by atoms with Crippen LogP contribution in [0.15, 0.2) is 24.3 Å². The Morgan fingerprint density at radius 1 is 1.14 bits per heavy atom. The molecule has 1 aliphatic heterocycles. The first-order valence-corrected chi connectivity index (χ1v) is 8.09. The molecule has 3 rings (SSSR count). The van der Waals surface area contributed by atoms with Gasteiger partial charge >= 0.3 is 0 Å². The van der Waals surface area contributed by atoms with Gasteiger partial charge in [0, 0.05) is 17.7 Å². The summed E-state index contributed by atoms with van der Waals surface area (Å²) in [6.07, 6.45) is 7.00. The summed E-state index contributed by atoms with van der Waals surface area (Å²) in [6.45, 7) is 1.87. The average molecular weight is 325 g/mol. The fourth-order valence-corrected chi connectivity index (χ4v) is 3.17. The Labute approximate surface area is 138 Å². The summed E-state index contributed by atoms with van der Waals surface area (Å²) in [5, 5.41) is 6.31. The van der Waals surface area contributed by atoms with Crippen LogP contribution in [0.25, 0.3) is 0 Å². The molecule has 0 bridgehead atoms. The number of carbonyl (C=O) groups is 1. The van der Waals surface area contributed by atoms with Crippen molar-refractivity contribution in [2.24, 2.45) is 5.92 Å². The van der Waals surface area contributed by atoms with Crippen molar-refractivity contribution in [2.45, 2.75) is 44.6 Å². The summed E-state index contributed by atoms with van der Waals surface area (Å²) >= 11 is 0. The Balaban J connectivity index is 0.00000176. The number of hydrogen-bond donors (Lipinski definition) is 2. The highest BCUT2D eigenvalue weighted by molar-refractivity contribution is 5.92. The minimum Gasteiger partial charge on any atom is -0.490 e. The lowest BCUT2D eigenvalue weighted by atomic mass is 9.97. The molecule has 1 saturated carbocycles. The topological polar surface area (TPSA) is 50.4 Å². The van der Waals surface area contributed by atoms with Gasteiger partial charge in [0.1, 0.15) is 5.75 Å². The van der Waals surface area contributed by atoms with E-state index in [2.05, 4.69) is 10.6 Å². The summed E-state index contributed by atoms with van der Waals surface area (Å²) in [4.78, 5) is 12.2. The molecule has 0 atom stereocenters. The Bertz CT molecular complexity index is 483. The van der Waals surface area contributed by atoms with Crippen molar-refractivity contribution in [3.8, 4) is 5.75 Å². The normalized spacial score (nSPS) is 19.5. The number of piperidine rings is 1. The van der Waals surface area contributed by atoms with Crippen LogP contribution in [0, 0.1) is 5.92 Å². The van der Waals surface area contributed by atoms with E-state index in [1.165, 1.54) is 12.8 Å². The minimum absolute atomic E-state index is 0. The molecule has 0 unspecified atom stereocenters. The zero-order valence-electron chi connectivity index (χ0n) is 12.8. The van der Waals surface area contributed by atoms with Gasteiger partial charge in [0.25, 0.3) is 0 Å². The maximum absolute atomic E-state index is 12.2. The largest absolute Gasteiger partial charge is 0.490 e. The van der Waals surface area contributed by atoms with Crippen LogP contribution in [-0.2, 0) is 4.79 Å². The van der Waals surface area contributed by atoms with Crippen molar-refractivity contribution in [2.75, 3.05) is 18.4 Å². The van der Waals surface area contributed by atoms with Gasteiger partial charge in [-0.1, -0.05) is 6.07 Å². The van der Waals surface area contributed by atoms with Crippen LogP contribution in [0.1, 0.15) is 38.5 Å². The molecule has 1 amide bonds. The highest BCUT2D eigenvalue weighted by atomic mass is 35.5. The smallest absolute Gasteiger partial charge is 0.227 e. The second-order valence-corrected chi connectivity index (χ2v) is 6.07. The van der Waals surface area contributed by atoms with Gasteiger partial charge in [-0.2, -0.15) is 0 Å². The maximum atomic E-state index is 12.2. The lowest BCUT2D eigenvalue weighted by Crippen LogP contribution is -2.34. The number of hydrogen-bond acceptors (Lipinski definition) is 3. The molecule has 22 heavy (non-hydrogen) atoms. The zero-order chi connectivity index (χ0) is 14.5. The van der Waals surface area contributed by atoms with Crippen LogP contribution in [0.5, 0.6) is 5.75 Å². The van der Waals surface area contributed by atoms with Crippen LogP contribution < -0.4 is 15.4 Å². The van der Waals surface area contributed by atoms with E-state index in [1.807, 2.05) is 24.3 Å². The van der Waals surface area contributed by atoms with Gasteiger partial charge in [0.15, 0.2) is 0 Å². The third-order valence-electron chi connectivity index (χ3n) is 4.42. The summed E-state index contributed by atoms with van der Waals surface area (Å²) in [5.41, 5.74) is 0.842. The predicted molar refractivity (Wildman–Crippen MR) is 90.8 cm³/mol. The third kappa shape index (κ3) is 4.62. The lowest BCUT2D eigenvalue weighted by Gasteiger charge is -2.22. The molecular formula is C17H25ClN2O2. The first kappa shape index (κ1) is 17.1. The average Bonchev–Trinajstić information content (AvgIpc) is 3.01. The SMILES string of the molecule is Cl.O=C(Nc1cccc(OC2CCCC2)c1)C1CCNCC1. The van der Waals surface area contributed by atoms with E-state index in [0.717, 1.165) is 50.2 Å². The van der Waals surface area contributed by atoms with Gasteiger partial charge in [-0.05, 0) is 63.7 Å². The number of halogens is 1.